The van der Waals surface area contributed by atoms with Crippen molar-refractivity contribution in [2.24, 2.45) is 0 Å². The molecule has 1 aliphatic heterocycles. The van der Waals surface area contributed by atoms with Crippen LogP contribution in [0.25, 0.3) is 11.5 Å². The molecule has 1 saturated heterocycles. The normalized spacial score (nSPS) is 19.3. The van der Waals surface area contributed by atoms with E-state index in [9.17, 15) is 0 Å². The molecule has 0 amide bonds. The first-order valence-electron chi connectivity index (χ1n) is 7.16. The van der Waals surface area contributed by atoms with Gasteiger partial charge in [0.25, 0.3) is 0 Å². The zero-order chi connectivity index (χ0) is 13.4. The molecule has 0 aromatic carbocycles. The first-order chi connectivity index (χ1) is 9.90. The van der Waals surface area contributed by atoms with Crippen molar-refractivity contribution in [2.75, 3.05) is 31.2 Å². The second-order valence-electron chi connectivity index (χ2n) is 5.33. The Morgan fingerprint density at radius 2 is 2.00 bits per heavy atom. The molecule has 1 aliphatic carbocycles. The Balaban J connectivity index is 1.73. The van der Waals surface area contributed by atoms with Crippen LogP contribution in [0.1, 0.15) is 24.5 Å². The summed E-state index contributed by atoms with van der Waals surface area (Å²) in [6.45, 7) is 3.19. The van der Waals surface area contributed by atoms with E-state index in [0.29, 0.717) is 5.92 Å². The van der Waals surface area contributed by atoms with E-state index in [1.54, 1.807) is 6.26 Å². The Morgan fingerprint density at radius 1 is 1.15 bits per heavy atom. The fraction of sp³-hybridized carbons (Fsp3) is 0.467. The number of rotatable bonds is 3. The van der Waals surface area contributed by atoms with Crippen molar-refractivity contribution in [1.82, 2.24) is 9.97 Å². The molecule has 104 valence electrons. The summed E-state index contributed by atoms with van der Waals surface area (Å²) in [7, 11) is 0. The quantitative estimate of drug-likeness (QED) is 0.858. The summed E-state index contributed by atoms with van der Waals surface area (Å²) in [4.78, 5) is 11.6. The van der Waals surface area contributed by atoms with E-state index >= 15 is 0 Å². The highest BCUT2D eigenvalue weighted by molar-refractivity contribution is 5.55. The van der Waals surface area contributed by atoms with Crippen LogP contribution in [-0.2, 0) is 4.74 Å². The topological polar surface area (TPSA) is 51.4 Å². The van der Waals surface area contributed by atoms with Crippen molar-refractivity contribution in [3.63, 3.8) is 0 Å². The lowest BCUT2D eigenvalue weighted by Gasteiger charge is -2.27. The number of morpholine rings is 1. The third-order valence-corrected chi connectivity index (χ3v) is 3.80. The highest BCUT2D eigenvalue weighted by Gasteiger charge is 2.27. The largest absolute Gasteiger partial charge is 0.463 e. The van der Waals surface area contributed by atoms with Crippen molar-refractivity contribution in [1.29, 1.82) is 0 Å². The van der Waals surface area contributed by atoms with Gasteiger partial charge in [-0.25, -0.2) is 9.97 Å². The monoisotopic (exact) mass is 271 g/mol. The van der Waals surface area contributed by atoms with Gasteiger partial charge in [-0.05, 0) is 31.0 Å². The maximum absolute atomic E-state index is 5.48. The maximum atomic E-state index is 5.48. The summed E-state index contributed by atoms with van der Waals surface area (Å²) < 4.78 is 10.9. The summed E-state index contributed by atoms with van der Waals surface area (Å²) in [5.74, 6) is 2.22. The minimum absolute atomic E-state index is 0.603. The van der Waals surface area contributed by atoms with Gasteiger partial charge in [0.2, 0.25) is 5.95 Å². The molecule has 5 heteroatoms. The van der Waals surface area contributed by atoms with Crippen molar-refractivity contribution < 1.29 is 9.15 Å². The molecular weight excluding hydrogens is 254 g/mol. The number of anilines is 1. The van der Waals surface area contributed by atoms with Gasteiger partial charge in [-0.1, -0.05) is 0 Å². The number of hydrogen-bond acceptors (Lipinski definition) is 5. The molecule has 1 saturated carbocycles. The smallest absolute Gasteiger partial charge is 0.226 e. The summed E-state index contributed by atoms with van der Waals surface area (Å²) >= 11 is 0. The number of furan rings is 1. The van der Waals surface area contributed by atoms with Gasteiger partial charge in [0.1, 0.15) is 5.69 Å². The minimum Gasteiger partial charge on any atom is -0.463 e. The predicted octanol–water partition coefficient (Wildman–Crippen LogP) is 2.45. The average Bonchev–Trinajstić information content (AvgIpc) is 3.22. The van der Waals surface area contributed by atoms with Crippen molar-refractivity contribution in [3.05, 3.63) is 30.2 Å². The molecule has 0 unspecified atom stereocenters. The third kappa shape index (κ3) is 2.29. The molecular formula is C15H17N3O2. The van der Waals surface area contributed by atoms with Gasteiger partial charge in [0, 0.05) is 24.7 Å². The lowest BCUT2D eigenvalue weighted by atomic mass is 10.2. The third-order valence-electron chi connectivity index (χ3n) is 3.80. The Labute approximate surface area is 117 Å². The molecule has 2 aliphatic rings. The van der Waals surface area contributed by atoms with E-state index in [4.69, 9.17) is 14.1 Å². The Bertz CT molecular complexity index is 587. The van der Waals surface area contributed by atoms with Gasteiger partial charge >= 0.3 is 0 Å². The standard InChI is InChI=1S/C15H17N3O2/c1-2-14(20-7-1)13-10-12(11-3-4-11)16-15(17-13)18-5-8-19-9-6-18/h1-2,7,10-11H,3-6,8-9H2. The number of ether oxygens (including phenoxy) is 1. The second kappa shape index (κ2) is 4.90. The summed E-state index contributed by atoms with van der Waals surface area (Å²) in [5.41, 5.74) is 2.03. The van der Waals surface area contributed by atoms with Crippen LogP contribution in [0.3, 0.4) is 0 Å². The van der Waals surface area contributed by atoms with Crippen LogP contribution in [0, 0.1) is 0 Å². The SMILES string of the molecule is c1coc(-c2cc(C3CC3)nc(N3CCOCC3)n2)c1. The van der Waals surface area contributed by atoms with E-state index in [1.165, 1.54) is 12.8 Å². The van der Waals surface area contributed by atoms with Crippen molar-refractivity contribution in [2.45, 2.75) is 18.8 Å². The van der Waals surface area contributed by atoms with E-state index in [-0.39, 0.29) is 0 Å². The highest BCUT2D eigenvalue weighted by atomic mass is 16.5. The molecule has 0 spiro atoms. The van der Waals surface area contributed by atoms with Gasteiger partial charge in [0.15, 0.2) is 5.76 Å². The number of nitrogens with zero attached hydrogens (tertiary/aromatic N) is 3. The molecule has 0 N–H and O–H groups in total. The summed E-state index contributed by atoms with van der Waals surface area (Å²) in [6.07, 6.45) is 4.15. The molecule has 0 bridgehead atoms. The zero-order valence-electron chi connectivity index (χ0n) is 11.3. The molecule has 2 fully saturated rings. The van der Waals surface area contributed by atoms with Gasteiger partial charge in [-0.3, -0.25) is 0 Å². The lowest BCUT2D eigenvalue weighted by Crippen LogP contribution is -2.37. The van der Waals surface area contributed by atoms with E-state index in [0.717, 1.165) is 49.4 Å². The molecule has 5 nitrogen and oxygen atoms in total. The number of hydrogen-bond donors (Lipinski definition) is 0. The minimum atomic E-state index is 0.603. The van der Waals surface area contributed by atoms with E-state index in [2.05, 4.69) is 16.0 Å². The van der Waals surface area contributed by atoms with Gasteiger partial charge in [-0.15, -0.1) is 0 Å². The Hall–Kier alpha value is -1.88. The van der Waals surface area contributed by atoms with E-state index < -0.39 is 0 Å². The predicted molar refractivity (Wildman–Crippen MR) is 74.7 cm³/mol. The Morgan fingerprint density at radius 3 is 2.70 bits per heavy atom. The fourth-order valence-corrected chi connectivity index (χ4v) is 2.50. The molecule has 0 atom stereocenters. The first kappa shape index (κ1) is 11.9. The first-order valence-corrected chi connectivity index (χ1v) is 7.16. The fourth-order valence-electron chi connectivity index (χ4n) is 2.50. The van der Waals surface area contributed by atoms with E-state index in [1.807, 2.05) is 12.1 Å². The molecule has 4 rings (SSSR count). The molecule has 2 aromatic rings. The molecule has 20 heavy (non-hydrogen) atoms. The van der Waals surface area contributed by atoms with Crippen LogP contribution in [0.15, 0.2) is 28.9 Å². The molecule has 0 radical (unpaired) electrons. The highest BCUT2D eigenvalue weighted by Crippen LogP contribution is 2.40. The van der Waals surface area contributed by atoms with Crippen molar-refractivity contribution in [3.8, 4) is 11.5 Å². The van der Waals surface area contributed by atoms with Gasteiger partial charge in [0.05, 0.1) is 19.5 Å². The molecule has 2 aromatic heterocycles. The summed E-state index contributed by atoms with van der Waals surface area (Å²) in [5, 5.41) is 0. The zero-order valence-corrected chi connectivity index (χ0v) is 11.3. The average molecular weight is 271 g/mol. The summed E-state index contributed by atoms with van der Waals surface area (Å²) in [6, 6.07) is 5.91. The second-order valence-corrected chi connectivity index (χ2v) is 5.33. The van der Waals surface area contributed by atoms with Crippen LogP contribution in [-0.4, -0.2) is 36.3 Å². The van der Waals surface area contributed by atoms with Gasteiger partial charge in [-0.2, -0.15) is 0 Å². The van der Waals surface area contributed by atoms with Crippen molar-refractivity contribution >= 4 is 5.95 Å². The van der Waals surface area contributed by atoms with Gasteiger partial charge < -0.3 is 14.1 Å². The van der Waals surface area contributed by atoms with Crippen LogP contribution in [0.5, 0.6) is 0 Å². The Kier molecular flexibility index (Phi) is 2.92. The maximum Gasteiger partial charge on any atom is 0.226 e. The number of aromatic nitrogens is 2. The van der Waals surface area contributed by atoms with Crippen LogP contribution < -0.4 is 4.90 Å². The lowest BCUT2D eigenvalue weighted by molar-refractivity contribution is 0.122. The van der Waals surface area contributed by atoms with Crippen LogP contribution in [0.2, 0.25) is 0 Å². The van der Waals surface area contributed by atoms with Crippen LogP contribution in [0.4, 0.5) is 5.95 Å². The van der Waals surface area contributed by atoms with Crippen LogP contribution >= 0.6 is 0 Å². The molecule has 3 heterocycles.